The van der Waals surface area contributed by atoms with Gasteiger partial charge >= 0.3 is 0 Å². The first-order valence-electron chi connectivity index (χ1n) is 6.65. The molecule has 1 amide bonds. The average molecular weight is 300 g/mol. The summed E-state index contributed by atoms with van der Waals surface area (Å²) in [6.07, 6.45) is 3.66. The first-order valence-corrected chi connectivity index (χ1v) is 7.03. The number of hydrogen-bond donors (Lipinski definition) is 2. The Morgan fingerprint density at radius 2 is 2.20 bits per heavy atom. The highest BCUT2D eigenvalue weighted by molar-refractivity contribution is 6.31. The van der Waals surface area contributed by atoms with E-state index in [2.05, 4.69) is 10.4 Å². The summed E-state index contributed by atoms with van der Waals surface area (Å²) in [6, 6.07) is -0.0392. The van der Waals surface area contributed by atoms with E-state index < -0.39 is 0 Å². The molecule has 0 aliphatic rings. The van der Waals surface area contributed by atoms with Crippen molar-refractivity contribution in [1.29, 1.82) is 0 Å². The van der Waals surface area contributed by atoms with Gasteiger partial charge < -0.3 is 10.4 Å². The number of aryl methyl sites for hydroxylation is 2. The van der Waals surface area contributed by atoms with Crippen LogP contribution < -0.4 is 5.32 Å². The Kier molecular flexibility index (Phi) is 6.23. The van der Waals surface area contributed by atoms with E-state index in [4.69, 9.17) is 16.7 Å². The molecule has 0 aliphatic carbocycles. The summed E-state index contributed by atoms with van der Waals surface area (Å²) in [6.45, 7) is 5.91. The maximum atomic E-state index is 11.9. The Morgan fingerprint density at radius 1 is 1.55 bits per heavy atom. The number of nitrogens with one attached hydrogen (secondary N) is 1. The number of carbonyl (C=O) groups excluding carboxylic acids is 1. The van der Waals surface area contributed by atoms with Gasteiger partial charge in [0, 0.05) is 31.3 Å². The van der Waals surface area contributed by atoms with E-state index in [-0.39, 0.29) is 24.5 Å². The van der Waals surface area contributed by atoms with Crippen molar-refractivity contribution in [3.8, 4) is 0 Å². The summed E-state index contributed by atoms with van der Waals surface area (Å²) in [4.78, 5) is 11.9. The molecule has 0 saturated heterocycles. The van der Waals surface area contributed by atoms with Crippen molar-refractivity contribution >= 4 is 23.6 Å². The van der Waals surface area contributed by atoms with E-state index in [9.17, 15) is 4.79 Å². The van der Waals surface area contributed by atoms with E-state index in [0.29, 0.717) is 11.6 Å². The van der Waals surface area contributed by atoms with Gasteiger partial charge in [0.1, 0.15) is 5.15 Å². The van der Waals surface area contributed by atoms with Crippen LogP contribution in [0.3, 0.4) is 0 Å². The van der Waals surface area contributed by atoms with Crippen LogP contribution in [0.5, 0.6) is 0 Å². The van der Waals surface area contributed by atoms with Gasteiger partial charge in [-0.2, -0.15) is 5.10 Å². The molecule has 0 saturated carbocycles. The number of amides is 1. The van der Waals surface area contributed by atoms with E-state index in [1.807, 2.05) is 20.8 Å². The van der Waals surface area contributed by atoms with Crippen LogP contribution in [0.4, 0.5) is 0 Å². The van der Waals surface area contributed by atoms with Crippen LogP contribution in [0, 0.1) is 12.8 Å². The van der Waals surface area contributed by atoms with Crippen LogP contribution in [0.2, 0.25) is 5.15 Å². The van der Waals surface area contributed by atoms with E-state index in [0.717, 1.165) is 11.3 Å². The fourth-order valence-electron chi connectivity index (χ4n) is 1.94. The quantitative estimate of drug-likeness (QED) is 0.789. The van der Waals surface area contributed by atoms with Gasteiger partial charge in [0.15, 0.2) is 0 Å². The normalized spacial score (nSPS) is 13.2. The van der Waals surface area contributed by atoms with Crippen LogP contribution in [0.15, 0.2) is 6.08 Å². The monoisotopic (exact) mass is 299 g/mol. The predicted octanol–water partition coefficient (Wildman–Crippen LogP) is 1.92. The third kappa shape index (κ3) is 4.35. The standard InChI is InChI=1S/C14H22ClN3O2/c1-9(2)12(7-8-19)16-13(20)6-5-11-10(3)17-18(4)14(11)15/h5-6,9,12,19H,7-8H2,1-4H3,(H,16,20)/b6-5+. The predicted molar refractivity (Wildman–Crippen MR) is 80.5 cm³/mol. The summed E-state index contributed by atoms with van der Waals surface area (Å²) >= 11 is 6.09. The molecular weight excluding hydrogens is 278 g/mol. The van der Waals surface area contributed by atoms with Crippen molar-refractivity contribution in [2.75, 3.05) is 6.61 Å². The second kappa shape index (κ2) is 7.45. The lowest BCUT2D eigenvalue weighted by molar-refractivity contribution is -0.117. The van der Waals surface area contributed by atoms with Gasteiger partial charge in [-0.1, -0.05) is 25.4 Å². The Balaban J connectivity index is 2.72. The van der Waals surface area contributed by atoms with Gasteiger partial charge in [0.25, 0.3) is 0 Å². The van der Waals surface area contributed by atoms with Crippen molar-refractivity contribution in [2.24, 2.45) is 13.0 Å². The molecular formula is C14H22ClN3O2. The molecule has 0 fully saturated rings. The largest absolute Gasteiger partial charge is 0.396 e. The SMILES string of the molecule is Cc1nn(C)c(Cl)c1/C=C/C(=O)NC(CCO)C(C)C. The Labute approximate surface area is 124 Å². The topological polar surface area (TPSA) is 67.2 Å². The van der Waals surface area contributed by atoms with Crippen molar-refractivity contribution < 1.29 is 9.90 Å². The highest BCUT2D eigenvalue weighted by Gasteiger charge is 2.14. The maximum absolute atomic E-state index is 11.9. The number of halogens is 1. The molecule has 20 heavy (non-hydrogen) atoms. The van der Waals surface area contributed by atoms with Crippen molar-refractivity contribution in [2.45, 2.75) is 33.2 Å². The number of aliphatic hydroxyl groups is 1. The van der Waals surface area contributed by atoms with E-state index in [1.165, 1.54) is 6.08 Å². The van der Waals surface area contributed by atoms with Crippen molar-refractivity contribution in [3.05, 3.63) is 22.5 Å². The first-order chi connectivity index (χ1) is 9.36. The summed E-state index contributed by atoms with van der Waals surface area (Å²) in [5.74, 6) is 0.0692. The molecule has 1 aromatic rings. The third-order valence-corrected chi connectivity index (χ3v) is 3.62. The lowest BCUT2D eigenvalue weighted by Gasteiger charge is -2.20. The summed E-state index contributed by atoms with van der Waals surface area (Å²) < 4.78 is 1.57. The lowest BCUT2D eigenvalue weighted by atomic mass is 10.0. The zero-order valence-electron chi connectivity index (χ0n) is 12.4. The lowest BCUT2D eigenvalue weighted by Crippen LogP contribution is -2.38. The van der Waals surface area contributed by atoms with Gasteiger partial charge in [-0.3, -0.25) is 9.48 Å². The molecule has 1 heterocycles. The summed E-state index contributed by atoms with van der Waals surface area (Å²) in [7, 11) is 1.75. The zero-order valence-corrected chi connectivity index (χ0v) is 13.1. The van der Waals surface area contributed by atoms with Crippen LogP contribution in [-0.2, 0) is 11.8 Å². The molecule has 0 aliphatic heterocycles. The number of rotatable bonds is 6. The minimum atomic E-state index is -0.198. The van der Waals surface area contributed by atoms with Crippen molar-refractivity contribution in [1.82, 2.24) is 15.1 Å². The third-order valence-electron chi connectivity index (χ3n) is 3.17. The van der Waals surface area contributed by atoms with Crippen LogP contribution in [0.1, 0.15) is 31.5 Å². The highest BCUT2D eigenvalue weighted by atomic mass is 35.5. The fourth-order valence-corrected chi connectivity index (χ4v) is 2.17. The molecule has 5 nitrogen and oxygen atoms in total. The molecule has 1 aromatic heterocycles. The summed E-state index contributed by atoms with van der Waals surface area (Å²) in [5, 5.41) is 16.5. The molecule has 2 N–H and O–H groups in total. The van der Waals surface area contributed by atoms with Gasteiger partial charge in [-0.05, 0) is 25.3 Å². The average Bonchev–Trinajstić information content (AvgIpc) is 2.60. The number of carbonyl (C=O) groups is 1. The first kappa shape index (κ1) is 16.7. The summed E-state index contributed by atoms with van der Waals surface area (Å²) in [5.41, 5.74) is 1.52. The zero-order chi connectivity index (χ0) is 15.3. The fraction of sp³-hybridized carbons (Fsp3) is 0.571. The minimum absolute atomic E-state index is 0.0392. The van der Waals surface area contributed by atoms with Crippen LogP contribution >= 0.6 is 11.6 Å². The Morgan fingerprint density at radius 3 is 2.65 bits per heavy atom. The van der Waals surface area contributed by atoms with Crippen LogP contribution in [-0.4, -0.2) is 33.4 Å². The molecule has 0 radical (unpaired) electrons. The molecule has 0 aromatic carbocycles. The number of hydrogen-bond acceptors (Lipinski definition) is 3. The molecule has 1 rings (SSSR count). The second-order valence-electron chi connectivity index (χ2n) is 5.12. The van der Waals surface area contributed by atoms with Gasteiger partial charge in [0.05, 0.1) is 5.69 Å². The molecule has 112 valence electrons. The number of aliphatic hydroxyl groups excluding tert-OH is 1. The van der Waals surface area contributed by atoms with E-state index >= 15 is 0 Å². The van der Waals surface area contributed by atoms with Gasteiger partial charge in [-0.15, -0.1) is 0 Å². The number of aromatic nitrogens is 2. The molecule has 0 spiro atoms. The minimum Gasteiger partial charge on any atom is -0.396 e. The number of nitrogens with zero attached hydrogens (tertiary/aromatic N) is 2. The van der Waals surface area contributed by atoms with Gasteiger partial charge in [-0.25, -0.2) is 0 Å². The molecule has 6 heteroatoms. The van der Waals surface area contributed by atoms with Crippen molar-refractivity contribution in [3.63, 3.8) is 0 Å². The molecule has 1 unspecified atom stereocenters. The highest BCUT2D eigenvalue weighted by Crippen LogP contribution is 2.19. The maximum Gasteiger partial charge on any atom is 0.244 e. The molecule has 0 bridgehead atoms. The van der Waals surface area contributed by atoms with Crippen LogP contribution in [0.25, 0.3) is 6.08 Å². The Bertz CT molecular complexity index is 495. The smallest absolute Gasteiger partial charge is 0.244 e. The second-order valence-corrected chi connectivity index (χ2v) is 5.48. The van der Waals surface area contributed by atoms with Gasteiger partial charge in [0.2, 0.25) is 5.91 Å². The molecule has 1 atom stereocenters. The Hall–Kier alpha value is -1.33. The van der Waals surface area contributed by atoms with E-state index in [1.54, 1.807) is 17.8 Å².